The highest BCUT2D eigenvalue weighted by molar-refractivity contribution is 5.84. The molecule has 3 aromatic rings. The third kappa shape index (κ3) is 3.99. The minimum atomic E-state index is -0.992. The van der Waals surface area contributed by atoms with Crippen LogP contribution in [-0.2, 0) is 12.8 Å². The van der Waals surface area contributed by atoms with E-state index in [1.807, 2.05) is 35.7 Å². The van der Waals surface area contributed by atoms with E-state index in [0.717, 1.165) is 59.3 Å². The third-order valence-electron chi connectivity index (χ3n) is 4.95. The molecule has 0 fully saturated rings. The van der Waals surface area contributed by atoms with Crippen molar-refractivity contribution in [1.29, 1.82) is 5.26 Å². The molecule has 0 aliphatic heterocycles. The molecule has 6 nitrogen and oxygen atoms in total. The van der Waals surface area contributed by atoms with Crippen LogP contribution in [0.25, 0.3) is 16.6 Å². The molecule has 0 spiro atoms. The minimum Gasteiger partial charge on any atom is -0.465 e. The number of rotatable bonds is 7. The normalized spacial score (nSPS) is 10.8. The Morgan fingerprint density at radius 1 is 1.29 bits per heavy atom. The molecule has 144 valence electrons. The van der Waals surface area contributed by atoms with Crippen LogP contribution in [0, 0.1) is 18.3 Å². The topological polar surface area (TPSA) is 90.4 Å². The van der Waals surface area contributed by atoms with Crippen molar-refractivity contribution in [2.75, 3.05) is 6.54 Å². The quantitative estimate of drug-likeness (QED) is 0.600. The predicted octanol–water partition coefficient (Wildman–Crippen LogP) is 4.33. The van der Waals surface area contributed by atoms with E-state index in [0.29, 0.717) is 12.1 Å². The Bertz CT molecular complexity index is 1050. The first-order valence-electron chi connectivity index (χ1n) is 9.52. The van der Waals surface area contributed by atoms with E-state index in [-0.39, 0.29) is 0 Å². The van der Waals surface area contributed by atoms with Crippen molar-refractivity contribution in [3.63, 3.8) is 0 Å². The van der Waals surface area contributed by atoms with E-state index in [1.54, 1.807) is 0 Å². The van der Waals surface area contributed by atoms with Gasteiger partial charge in [0, 0.05) is 17.8 Å². The zero-order valence-corrected chi connectivity index (χ0v) is 16.2. The largest absolute Gasteiger partial charge is 0.465 e. The highest BCUT2D eigenvalue weighted by Gasteiger charge is 2.17. The maximum Gasteiger partial charge on any atom is 0.404 e. The molecule has 0 saturated heterocycles. The van der Waals surface area contributed by atoms with Crippen LogP contribution in [0.5, 0.6) is 0 Å². The van der Waals surface area contributed by atoms with Crippen molar-refractivity contribution >= 4 is 11.6 Å². The van der Waals surface area contributed by atoms with Gasteiger partial charge < -0.3 is 10.4 Å². The zero-order valence-electron chi connectivity index (χ0n) is 16.2. The van der Waals surface area contributed by atoms with Crippen LogP contribution in [0.2, 0.25) is 0 Å². The molecule has 2 aromatic heterocycles. The number of carbonyl (C=O) groups is 1. The van der Waals surface area contributed by atoms with Gasteiger partial charge in [-0.05, 0) is 68.0 Å². The molecule has 3 rings (SSSR count). The van der Waals surface area contributed by atoms with Crippen molar-refractivity contribution in [3.05, 3.63) is 58.9 Å². The first-order chi connectivity index (χ1) is 13.5. The fourth-order valence-electron chi connectivity index (χ4n) is 3.59. The number of hydrogen-bond donors (Lipinski definition) is 2. The van der Waals surface area contributed by atoms with Crippen LogP contribution < -0.4 is 5.32 Å². The van der Waals surface area contributed by atoms with Gasteiger partial charge in [0.05, 0.1) is 22.8 Å². The lowest BCUT2D eigenvalue weighted by molar-refractivity contribution is 0.194. The van der Waals surface area contributed by atoms with E-state index in [9.17, 15) is 10.1 Å². The first-order valence-corrected chi connectivity index (χ1v) is 9.52. The second-order valence-corrected chi connectivity index (χ2v) is 6.80. The number of carboxylic acid groups (broad SMARTS) is 1. The molecule has 2 heterocycles. The second kappa shape index (κ2) is 8.57. The molecular weight excluding hydrogens is 352 g/mol. The maximum atomic E-state index is 10.6. The Morgan fingerprint density at radius 2 is 2.11 bits per heavy atom. The van der Waals surface area contributed by atoms with Gasteiger partial charge in [-0.1, -0.05) is 19.1 Å². The summed E-state index contributed by atoms with van der Waals surface area (Å²) in [6.07, 6.45) is 2.31. The van der Waals surface area contributed by atoms with Crippen molar-refractivity contribution in [1.82, 2.24) is 14.9 Å². The molecule has 0 aliphatic carbocycles. The average molecular weight is 376 g/mol. The van der Waals surface area contributed by atoms with Crippen molar-refractivity contribution in [2.24, 2.45) is 0 Å². The zero-order chi connectivity index (χ0) is 20.1. The van der Waals surface area contributed by atoms with Crippen LogP contribution in [-0.4, -0.2) is 27.4 Å². The Hall–Kier alpha value is -3.33. The summed E-state index contributed by atoms with van der Waals surface area (Å²) in [5, 5.41) is 25.2. The van der Waals surface area contributed by atoms with Crippen LogP contribution in [0.3, 0.4) is 0 Å². The smallest absolute Gasteiger partial charge is 0.404 e. The number of hydrogen-bond acceptors (Lipinski definition) is 3. The van der Waals surface area contributed by atoms with Gasteiger partial charge in [0.15, 0.2) is 0 Å². The molecule has 0 saturated carbocycles. The van der Waals surface area contributed by atoms with E-state index < -0.39 is 6.09 Å². The van der Waals surface area contributed by atoms with Gasteiger partial charge in [0.1, 0.15) is 0 Å². The monoisotopic (exact) mass is 376 g/mol. The van der Waals surface area contributed by atoms with Gasteiger partial charge >= 0.3 is 6.09 Å². The van der Waals surface area contributed by atoms with E-state index >= 15 is 0 Å². The Labute approximate surface area is 164 Å². The second-order valence-electron chi connectivity index (χ2n) is 6.80. The summed E-state index contributed by atoms with van der Waals surface area (Å²) >= 11 is 0. The lowest BCUT2D eigenvalue weighted by Crippen LogP contribution is -2.21. The summed E-state index contributed by atoms with van der Waals surface area (Å²) in [6, 6.07) is 14.1. The molecule has 0 atom stereocenters. The third-order valence-corrected chi connectivity index (χ3v) is 4.95. The first kappa shape index (κ1) is 19.4. The Kier molecular flexibility index (Phi) is 5.95. The number of amides is 1. The molecule has 0 aliphatic rings. The standard InChI is InChI=1S/C22H24N4O2/c1-3-18-10-11-20-21(17-8-6-7-16(13-17)14-23)19(15(2)25-26(18)20)9-4-5-12-24-22(27)28/h6-8,10-11,13,24H,3-5,9,12H2,1-2H3,(H,27,28). The van der Waals surface area contributed by atoms with Crippen LogP contribution >= 0.6 is 0 Å². The van der Waals surface area contributed by atoms with Gasteiger partial charge in [-0.3, -0.25) is 0 Å². The number of benzene rings is 1. The fourth-order valence-corrected chi connectivity index (χ4v) is 3.59. The van der Waals surface area contributed by atoms with Crippen LogP contribution in [0.15, 0.2) is 36.4 Å². The number of unbranched alkanes of at least 4 members (excludes halogenated alkanes) is 1. The Morgan fingerprint density at radius 3 is 2.82 bits per heavy atom. The highest BCUT2D eigenvalue weighted by Crippen LogP contribution is 2.32. The summed E-state index contributed by atoms with van der Waals surface area (Å²) in [5.74, 6) is 0. The summed E-state index contributed by atoms with van der Waals surface area (Å²) in [7, 11) is 0. The van der Waals surface area contributed by atoms with Crippen molar-refractivity contribution in [2.45, 2.75) is 39.5 Å². The summed E-state index contributed by atoms with van der Waals surface area (Å²) in [4.78, 5) is 10.6. The van der Waals surface area contributed by atoms with E-state index in [2.05, 4.69) is 30.4 Å². The molecule has 2 N–H and O–H groups in total. The van der Waals surface area contributed by atoms with Crippen LogP contribution in [0.4, 0.5) is 4.79 Å². The molecule has 28 heavy (non-hydrogen) atoms. The van der Waals surface area contributed by atoms with E-state index in [4.69, 9.17) is 10.2 Å². The van der Waals surface area contributed by atoms with E-state index in [1.165, 1.54) is 0 Å². The minimum absolute atomic E-state index is 0.439. The lowest BCUT2D eigenvalue weighted by Gasteiger charge is -2.16. The molecule has 0 bridgehead atoms. The van der Waals surface area contributed by atoms with Crippen molar-refractivity contribution < 1.29 is 9.90 Å². The molecule has 0 unspecified atom stereocenters. The number of aryl methyl sites for hydroxylation is 2. The maximum absolute atomic E-state index is 10.6. The van der Waals surface area contributed by atoms with Gasteiger partial charge in [0.25, 0.3) is 0 Å². The van der Waals surface area contributed by atoms with Gasteiger partial charge in [-0.15, -0.1) is 0 Å². The molecular formula is C22H24N4O2. The number of nitrogens with one attached hydrogen (secondary N) is 1. The molecule has 1 aromatic carbocycles. The fraction of sp³-hybridized carbons (Fsp3) is 0.318. The van der Waals surface area contributed by atoms with Gasteiger partial charge in [0.2, 0.25) is 0 Å². The molecule has 6 heteroatoms. The SMILES string of the molecule is CCc1ccc2c(-c3cccc(C#N)c3)c(CCCCNC(=O)O)c(C)nn12. The number of aromatic nitrogens is 2. The predicted molar refractivity (Wildman–Crippen MR) is 108 cm³/mol. The number of nitrogens with zero attached hydrogens (tertiary/aromatic N) is 3. The van der Waals surface area contributed by atoms with Gasteiger partial charge in [-0.2, -0.15) is 10.4 Å². The average Bonchev–Trinajstić information content (AvgIpc) is 3.09. The van der Waals surface area contributed by atoms with Gasteiger partial charge in [-0.25, -0.2) is 9.31 Å². The van der Waals surface area contributed by atoms with Crippen molar-refractivity contribution in [3.8, 4) is 17.2 Å². The summed E-state index contributed by atoms with van der Waals surface area (Å²) in [6.45, 7) is 4.56. The summed E-state index contributed by atoms with van der Waals surface area (Å²) in [5.41, 5.74) is 7.04. The van der Waals surface area contributed by atoms with Crippen LogP contribution in [0.1, 0.15) is 42.3 Å². The lowest BCUT2D eigenvalue weighted by atomic mass is 9.94. The molecule has 1 amide bonds. The Balaban J connectivity index is 2.05. The number of fused-ring (bicyclic) bond motifs is 1. The molecule has 0 radical (unpaired) electrons. The highest BCUT2D eigenvalue weighted by atomic mass is 16.4. The number of nitriles is 1. The summed E-state index contributed by atoms with van der Waals surface area (Å²) < 4.78 is 2.00.